The molecule has 2 nitrogen and oxygen atoms in total. The van der Waals surface area contributed by atoms with Crippen molar-refractivity contribution in [3.05, 3.63) is 0 Å². The fourth-order valence-electron chi connectivity index (χ4n) is 1.44. The van der Waals surface area contributed by atoms with Crippen LogP contribution in [-0.2, 0) is 0 Å². The summed E-state index contributed by atoms with van der Waals surface area (Å²) in [6, 6.07) is 0.698. The van der Waals surface area contributed by atoms with E-state index in [2.05, 4.69) is 10.2 Å². The Morgan fingerprint density at radius 1 is 1.31 bits per heavy atom. The maximum atomic E-state index is 5.36. The highest BCUT2D eigenvalue weighted by Crippen LogP contribution is 2.19. The van der Waals surface area contributed by atoms with Crippen LogP contribution < -0.4 is 5.32 Å². The Balaban J connectivity index is 1.78. The van der Waals surface area contributed by atoms with E-state index in [-0.39, 0.29) is 0 Å². The normalized spacial score (nSPS) is 23.8. The van der Waals surface area contributed by atoms with E-state index >= 15 is 0 Å². The molecule has 1 heterocycles. The van der Waals surface area contributed by atoms with Crippen LogP contribution in [0.1, 0.15) is 19.3 Å². The maximum Gasteiger partial charge on any atom is 0.169 e. The molecule has 4 heteroatoms. The monoisotopic (exact) mass is 216 g/mol. The van der Waals surface area contributed by atoms with Crippen molar-refractivity contribution in [2.24, 2.45) is 0 Å². The largest absolute Gasteiger partial charge is 0.360 e. The van der Waals surface area contributed by atoms with Crippen LogP contribution >= 0.6 is 24.0 Å². The summed E-state index contributed by atoms with van der Waals surface area (Å²) in [5, 5.41) is 4.39. The number of rotatable bonds is 1. The second-order valence-corrected chi connectivity index (χ2v) is 5.29. The maximum absolute atomic E-state index is 5.36. The summed E-state index contributed by atoms with van der Waals surface area (Å²) in [7, 11) is 0. The fraction of sp³-hybridized carbons (Fsp3) is 0.889. The lowest BCUT2D eigenvalue weighted by Gasteiger charge is -2.23. The van der Waals surface area contributed by atoms with Crippen LogP contribution in [0.2, 0.25) is 0 Å². The van der Waals surface area contributed by atoms with Gasteiger partial charge in [-0.1, -0.05) is 0 Å². The first-order chi connectivity index (χ1) is 6.36. The number of thioether (sulfide) groups is 1. The first kappa shape index (κ1) is 9.59. The molecule has 1 aliphatic carbocycles. The second kappa shape index (κ2) is 4.51. The molecule has 1 saturated heterocycles. The van der Waals surface area contributed by atoms with E-state index in [0.29, 0.717) is 6.04 Å². The third-order valence-corrected chi connectivity index (χ3v) is 3.84. The predicted molar refractivity (Wildman–Crippen MR) is 62.3 cm³/mol. The lowest BCUT2D eigenvalue weighted by atomic mass is 10.4. The van der Waals surface area contributed by atoms with E-state index in [1.807, 2.05) is 11.8 Å². The molecule has 2 aliphatic rings. The molecule has 0 bridgehead atoms. The average molecular weight is 216 g/mol. The van der Waals surface area contributed by atoms with Gasteiger partial charge in [0, 0.05) is 24.9 Å². The molecule has 0 atom stereocenters. The topological polar surface area (TPSA) is 15.3 Å². The van der Waals surface area contributed by atoms with Crippen molar-refractivity contribution in [2.75, 3.05) is 24.6 Å². The van der Waals surface area contributed by atoms with Crippen LogP contribution in [0.4, 0.5) is 0 Å². The minimum Gasteiger partial charge on any atom is -0.360 e. The minimum atomic E-state index is 0.698. The summed E-state index contributed by atoms with van der Waals surface area (Å²) in [6.45, 7) is 2.27. The van der Waals surface area contributed by atoms with E-state index in [9.17, 15) is 0 Å². The summed E-state index contributed by atoms with van der Waals surface area (Å²) in [5.74, 6) is 2.52. The Morgan fingerprint density at radius 3 is 2.92 bits per heavy atom. The zero-order valence-electron chi connectivity index (χ0n) is 7.79. The first-order valence-electron chi connectivity index (χ1n) is 4.99. The molecule has 2 fully saturated rings. The Kier molecular flexibility index (Phi) is 3.33. The third-order valence-electron chi connectivity index (χ3n) is 2.41. The van der Waals surface area contributed by atoms with Gasteiger partial charge in [-0.2, -0.15) is 11.8 Å². The lowest BCUT2D eigenvalue weighted by Crippen LogP contribution is -2.41. The van der Waals surface area contributed by atoms with Crippen molar-refractivity contribution >= 4 is 29.1 Å². The van der Waals surface area contributed by atoms with E-state index in [0.717, 1.165) is 18.2 Å². The molecular weight excluding hydrogens is 200 g/mol. The van der Waals surface area contributed by atoms with Gasteiger partial charge in [0.25, 0.3) is 0 Å². The molecule has 0 amide bonds. The van der Waals surface area contributed by atoms with Crippen LogP contribution in [0.5, 0.6) is 0 Å². The van der Waals surface area contributed by atoms with Gasteiger partial charge >= 0.3 is 0 Å². The van der Waals surface area contributed by atoms with Gasteiger partial charge in [-0.3, -0.25) is 0 Å². The molecule has 0 aromatic heterocycles. The Labute approximate surface area is 89.4 Å². The van der Waals surface area contributed by atoms with Gasteiger partial charge < -0.3 is 10.2 Å². The number of nitrogens with zero attached hydrogens (tertiary/aromatic N) is 1. The Hall–Kier alpha value is 0.0400. The molecule has 1 aliphatic heterocycles. The minimum absolute atomic E-state index is 0.698. The highest BCUT2D eigenvalue weighted by atomic mass is 32.2. The quantitative estimate of drug-likeness (QED) is 0.667. The molecule has 13 heavy (non-hydrogen) atoms. The first-order valence-corrected chi connectivity index (χ1v) is 6.56. The molecule has 1 saturated carbocycles. The summed E-state index contributed by atoms with van der Waals surface area (Å²) < 4.78 is 0. The van der Waals surface area contributed by atoms with Crippen LogP contribution in [0.15, 0.2) is 0 Å². The summed E-state index contributed by atoms with van der Waals surface area (Å²) in [6.07, 6.45) is 3.89. The number of hydrogen-bond donors (Lipinski definition) is 1. The summed E-state index contributed by atoms with van der Waals surface area (Å²) in [5.41, 5.74) is 0. The average Bonchev–Trinajstić information content (AvgIpc) is 2.87. The fourth-order valence-corrected chi connectivity index (χ4v) is 2.68. The van der Waals surface area contributed by atoms with E-state index in [4.69, 9.17) is 12.2 Å². The van der Waals surface area contributed by atoms with Crippen LogP contribution in [0.25, 0.3) is 0 Å². The van der Waals surface area contributed by atoms with Crippen molar-refractivity contribution in [1.82, 2.24) is 10.2 Å². The molecule has 0 aromatic rings. The number of hydrogen-bond acceptors (Lipinski definition) is 2. The molecule has 0 aromatic carbocycles. The smallest absolute Gasteiger partial charge is 0.169 e. The van der Waals surface area contributed by atoms with E-state index in [1.54, 1.807) is 0 Å². The van der Waals surface area contributed by atoms with Crippen LogP contribution in [-0.4, -0.2) is 40.6 Å². The van der Waals surface area contributed by atoms with Crippen LogP contribution in [0, 0.1) is 0 Å². The molecular formula is C9H16N2S2. The van der Waals surface area contributed by atoms with Gasteiger partial charge in [0.1, 0.15) is 0 Å². The molecule has 2 rings (SSSR count). The molecule has 0 radical (unpaired) electrons. The van der Waals surface area contributed by atoms with Gasteiger partial charge in [-0.25, -0.2) is 0 Å². The van der Waals surface area contributed by atoms with Gasteiger partial charge in [0.2, 0.25) is 0 Å². The van der Waals surface area contributed by atoms with Crippen molar-refractivity contribution < 1.29 is 0 Å². The SMILES string of the molecule is S=C(NC1CC1)N1CCCSCC1. The Bertz CT molecular complexity index is 184. The van der Waals surface area contributed by atoms with Crippen molar-refractivity contribution in [3.63, 3.8) is 0 Å². The van der Waals surface area contributed by atoms with Crippen molar-refractivity contribution in [2.45, 2.75) is 25.3 Å². The zero-order valence-corrected chi connectivity index (χ0v) is 9.42. The van der Waals surface area contributed by atoms with E-state index < -0.39 is 0 Å². The second-order valence-electron chi connectivity index (χ2n) is 3.68. The molecule has 0 unspecified atom stereocenters. The highest BCUT2D eigenvalue weighted by molar-refractivity contribution is 7.99. The van der Waals surface area contributed by atoms with Gasteiger partial charge in [0.05, 0.1) is 0 Å². The Morgan fingerprint density at radius 2 is 2.15 bits per heavy atom. The van der Waals surface area contributed by atoms with Crippen molar-refractivity contribution in [1.29, 1.82) is 0 Å². The molecule has 1 N–H and O–H groups in total. The van der Waals surface area contributed by atoms with Gasteiger partial charge in [-0.15, -0.1) is 0 Å². The lowest BCUT2D eigenvalue weighted by molar-refractivity contribution is 0.441. The van der Waals surface area contributed by atoms with Crippen molar-refractivity contribution in [3.8, 4) is 0 Å². The zero-order chi connectivity index (χ0) is 9.10. The third kappa shape index (κ3) is 3.02. The predicted octanol–water partition coefficient (Wildman–Crippen LogP) is 1.46. The standard InChI is InChI=1S/C9H16N2S2/c12-9(10-8-2-3-8)11-4-1-6-13-7-5-11/h8H,1-7H2,(H,10,12). The van der Waals surface area contributed by atoms with Crippen LogP contribution in [0.3, 0.4) is 0 Å². The summed E-state index contributed by atoms with van der Waals surface area (Å²) in [4.78, 5) is 2.33. The van der Waals surface area contributed by atoms with E-state index in [1.165, 1.54) is 30.8 Å². The molecule has 74 valence electrons. The summed E-state index contributed by atoms with van der Waals surface area (Å²) >= 11 is 7.40. The van der Waals surface area contributed by atoms with Gasteiger partial charge in [-0.05, 0) is 37.2 Å². The highest BCUT2D eigenvalue weighted by Gasteiger charge is 2.23. The number of thiocarbonyl (C=S) groups is 1. The number of nitrogens with one attached hydrogen (secondary N) is 1. The van der Waals surface area contributed by atoms with Gasteiger partial charge in [0.15, 0.2) is 5.11 Å². The molecule has 0 spiro atoms.